The maximum Gasteiger partial charge on any atom is 0.260 e. The lowest BCUT2D eigenvalue weighted by atomic mass is 10.1. The molecule has 0 saturated carbocycles. The number of sulfonamides is 1. The highest BCUT2D eigenvalue weighted by Crippen LogP contribution is 2.17. The van der Waals surface area contributed by atoms with Crippen LogP contribution in [0.15, 0.2) is 29.4 Å². The Kier molecular flexibility index (Phi) is 6.66. The number of pyridine rings is 1. The van der Waals surface area contributed by atoms with E-state index in [1.165, 1.54) is 18.7 Å². The second-order valence-electron chi connectivity index (χ2n) is 6.51. The Labute approximate surface area is 148 Å². The van der Waals surface area contributed by atoms with E-state index in [4.69, 9.17) is 0 Å². The Bertz CT molecular complexity index is 704. The first-order valence-electron chi connectivity index (χ1n) is 8.38. The van der Waals surface area contributed by atoms with E-state index in [1.807, 2.05) is 13.8 Å². The smallest absolute Gasteiger partial charge is 0.260 e. The summed E-state index contributed by atoms with van der Waals surface area (Å²) in [6.07, 6.45) is 4.49. The molecule has 0 unspecified atom stereocenters. The first kappa shape index (κ1) is 19.5. The van der Waals surface area contributed by atoms with Crippen LogP contribution in [0.1, 0.15) is 33.1 Å². The van der Waals surface area contributed by atoms with Crippen molar-refractivity contribution < 1.29 is 18.0 Å². The molecule has 0 bridgehead atoms. The fourth-order valence-corrected chi connectivity index (χ4v) is 3.93. The lowest BCUT2D eigenvalue weighted by molar-refractivity contribution is -0.126. The van der Waals surface area contributed by atoms with Gasteiger partial charge in [0.05, 0.1) is 12.6 Å². The zero-order valence-electron chi connectivity index (χ0n) is 14.5. The quantitative estimate of drug-likeness (QED) is 0.815. The molecule has 1 aromatic heterocycles. The highest BCUT2D eigenvalue weighted by molar-refractivity contribution is 7.89. The number of hydrogen-bond donors (Lipinski definition) is 1. The average molecular weight is 366 g/mol. The third-order valence-electron chi connectivity index (χ3n) is 3.95. The van der Waals surface area contributed by atoms with Gasteiger partial charge in [0.15, 0.2) is 10.8 Å². The van der Waals surface area contributed by atoms with Gasteiger partial charge in [-0.2, -0.15) is 4.31 Å². The summed E-state index contributed by atoms with van der Waals surface area (Å²) in [7, 11) is -3.81. The van der Waals surface area contributed by atoms with Gasteiger partial charge >= 0.3 is 0 Å². The minimum Gasteiger partial charge on any atom is -0.346 e. The number of ketones is 1. The zero-order valence-corrected chi connectivity index (χ0v) is 15.3. The van der Waals surface area contributed by atoms with Crippen LogP contribution in [0.4, 0.5) is 0 Å². The largest absolute Gasteiger partial charge is 0.346 e. The van der Waals surface area contributed by atoms with Gasteiger partial charge in [-0.15, -0.1) is 0 Å². The highest BCUT2D eigenvalue weighted by Gasteiger charge is 2.33. The number of nitrogens with one attached hydrogen (secondary N) is 1. The minimum atomic E-state index is -3.81. The molecular weight excluding hydrogens is 342 g/mol. The summed E-state index contributed by atoms with van der Waals surface area (Å²) in [5, 5.41) is 2.62. The van der Waals surface area contributed by atoms with Crippen LogP contribution in [0, 0.1) is 12.3 Å². The lowest BCUT2D eigenvalue weighted by Crippen LogP contribution is -2.44. The number of aromatic nitrogens is 1. The van der Waals surface area contributed by atoms with Gasteiger partial charge in [0, 0.05) is 19.2 Å². The molecule has 0 aliphatic carbocycles. The van der Waals surface area contributed by atoms with Crippen LogP contribution in [-0.2, 0) is 19.6 Å². The number of nitrogens with zero attached hydrogens (tertiary/aromatic N) is 2. The van der Waals surface area contributed by atoms with Crippen LogP contribution >= 0.6 is 0 Å². The molecule has 7 nitrogen and oxygen atoms in total. The first-order chi connectivity index (χ1) is 11.8. The Hall–Kier alpha value is -1.80. The standard InChI is InChI=1S/C17H24N3O4S/c1-13(2)8-9-16(22)19-14-6-5-11-20(12-15(14)21)25(23,24)17-7-3-4-10-18-17/h3-4,7,9-10,13-14H,5-6,8,11-12H2,1-2H3,(H,19,22)/t14-/m0/s1. The van der Waals surface area contributed by atoms with E-state index in [2.05, 4.69) is 10.3 Å². The second kappa shape index (κ2) is 8.53. The van der Waals surface area contributed by atoms with E-state index in [0.717, 1.165) is 4.31 Å². The molecule has 1 saturated heterocycles. The summed E-state index contributed by atoms with van der Waals surface area (Å²) < 4.78 is 26.4. The maximum absolute atomic E-state index is 12.6. The van der Waals surface area contributed by atoms with Crippen LogP contribution in [-0.4, -0.2) is 48.5 Å². The third kappa shape index (κ3) is 5.34. The van der Waals surface area contributed by atoms with Gasteiger partial charge in [0.25, 0.3) is 10.0 Å². The average Bonchev–Trinajstić information content (AvgIpc) is 2.76. The predicted molar refractivity (Wildman–Crippen MR) is 92.9 cm³/mol. The molecule has 1 fully saturated rings. The minimum absolute atomic E-state index is 0.0736. The maximum atomic E-state index is 12.6. The fraction of sp³-hybridized carbons (Fsp3) is 0.529. The van der Waals surface area contributed by atoms with Crippen LogP contribution in [0.3, 0.4) is 0 Å². The molecule has 1 aliphatic rings. The fourth-order valence-electron chi connectivity index (χ4n) is 2.56. The van der Waals surface area contributed by atoms with Gasteiger partial charge < -0.3 is 5.32 Å². The molecule has 1 N–H and O–H groups in total. The molecule has 1 atom stereocenters. The van der Waals surface area contributed by atoms with Crippen LogP contribution in [0.25, 0.3) is 0 Å². The number of amides is 1. The van der Waals surface area contributed by atoms with Crippen molar-refractivity contribution in [3.8, 4) is 0 Å². The molecule has 1 aliphatic heterocycles. The van der Waals surface area contributed by atoms with Crippen molar-refractivity contribution >= 4 is 21.7 Å². The summed E-state index contributed by atoms with van der Waals surface area (Å²) in [4.78, 5) is 28.2. The van der Waals surface area contributed by atoms with E-state index in [9.17, 15) is 18.0 Å². The van der Waals surface area contributed by atoms with Gasteiger partial charge in [0.1, 0.15) is 0 Å². The van der Waals surface area contributed by atoms with Gasteiger partial charge in [0.2, 0.25) is 5.91 Å². The Morgan fingerprint density at radius 1 is 1.44 bits per heavy atom. The lowest BCUT2D eigenvalue weighted by Gasteiger charge is -2.19. The highest BCUT2D eigenvalue weighted by atomic mass is 32.2. The Morgan fingerprint density at radius 2 is 2.20 bits per heavy atom. The van der Waals surface area contributed by atoms with Crippen molar-refractivity contribution in [3.63, 3.8) is 0 Å². The molecule has 137 valence electrons. The SMILES string of the molecule is CC(C)C[CH]C(=O)N[C@H]1CCCN(S(=O)(=O)c2ccccn2)CC1=O. The number of rotatable bonds is 6. The van der Waals surface area contributed by atoms with Gasteiger partial charge in [-0.25, -0.2) is 13.4 Å². The summed E-state index contributed by atoms with van der Waals surface area (Å²) in [5.41, 5.74) is 0. The first-order valence-corrected chi connectivity index (χ1v) is 9.82. The monoisotopic (exact) mass is 366 g/mol. The molecule has 2 heterocycles. The topological polar surface area (TPSA) is 96.4 Å². The van der Waals surface area contributed by atoms with Crippen LogP contribution < -0.4 is 5.32 Å². The molecule has 0 aromatic carbocycles. The number of Topliss-reactive ketones (excluding diaryl/α,β-unsaturated/α-hetero) is 1. The van der Waals surface area contributed by atoms with Crippen molar-refractivity contribution in [2.75, 3.05) is 13.1 Å². The van der Waals surface area contributed by atoms with Crippen molar-refractivity contribution in [2.45, 2.75) is 44.2 Å². The Balaban J connectivity index is 2.02. The molecule has 1 radical (unpaired) electrons. The number of hydrogen-bond acceptors (Lipinski definition) is 5. The molecular formula is C17H24N3O4S. The van der Waals surface area contributed by atoms with E-state index in [0.29, 0.717) is 25.2 Å². The van der Waals surface area contributed by atoms with Crippen LogP contribution in [0.5, 0.6) is 0 Å². The van der Waals surface area contributed by atoms with Crippen molar-refractivity contribution in [3.05, 3.63) is 30.8 Å². The third-order valence-corrected chi connectivity index (χ3v) is 5.72. The molecule has 1 amide bonds. The van der Waals surface area contributed by atoms with Crippen molar-refractivity contribution in [2.24, 2.45) is 5.92 Å². The summed E-state index contributed by atoms with van der Waals surface area (Å²) in [6.45, 7) is 3.97. The van der Waals surface area contributed by atoms with Crippen LogP contribution in [0.2, 0.25) is 0 Å². The number of carbonyl (C=O) groups is 2. The molecule has 25 heavy (non-hydrogen) atoms. The van der Waals surface area contributed by atoms with Crippen molar-refractivity contribution in [1.82, 2.24) is 14.6 Å². The van der Waals surface area contributed by atoms with E-state index >= 15 is 0 Å². The van der Waals surface area contributed by atoms with E-state index in [-0.39, 0.29) is 29.8 Å². The van der Waals surface area contributed by atoms with Gasteiger partial charge in [-0.3, -0.25) is 9.59 Å². The molecule has 2 rings (SSSR count). The number of carbonyl (C=O) groups excluding carboxylic acids is 2. The van der Waals surface area contributed by atoms with Gasteiger partial charge in [-0.1, -0.05) is 19.9 Å². The predicted octanol–water partition coefficient (Wildman–Crippen LogP) is 1.17. The Morgan fingerprint density at radius 3 is 2.84 bits per heavy atom. The van der Waals surface area contributed by atoms with Gasteiger partial charge in [-0.05, 0) is 37.3 Å². The summed E-state index contributed by atoms with van der Waals surface area (Å²) >= 11 is 0. The van der Waals surface area contributed by atoms with Crippen molar-refractivity contribution in [1.29, 1.82) is 0 Å². The second-order valence-corrected chi connectivity index (χ2v) is 8.39. The molecule has 1 aromatic rings. The summed E-state index contributed by atoms with van der Waals surface area (Å²) in [6, 6.07) is 3.98. The summed E-state index contributed by atoms with van der Waals surface area (Å²) in [5.74, 6) is -0.231. The molecule has 0 spiro atoms. The zero-order chi connectivity index (χ0) is 18.4. The molecule has 8 heteroatoms. The van der Waals surface area contributed by atoms with E-state index < -0.39 is 16.1 Å². The van der Waals surface area contributed by atoms with E-state index in [1.54, 1.807) is 12.1 Å². The normalized spacial score (nSPS) is 19.6.